The summed E-state index contributed by atoms with van der Waals surface area (Å²) in [5.41, 5.74) is 0.852. The van der Waals surface area contributed by atoms with Crippen molar-refractivity contribution in [1.29, 1.82) is 0 Å². The zero-order valence-corrected chi connectivity index (χ0v) is 22.3. The predicted octanol–water partition coefficient (Wildman–Crippen LogP) is 4.28. The standard InChI is InChI=1S/C27H29ClN6O4/c1-27(2,3)29-26(36)24(22-10-7-15-38-22)33(16-19-8-5-6-9-21(19)28)23(35)17-34-31-25(30-32-34)18-11-13-20(37-4)14-12-18/h5-15,24H,16-17H2,1-4H3,(H,29,36). The van der Waals surface area contributed by atoms with Crippen LogP contribution in [0.2, 0.25) is 5.02 Å². The number of carbonyl (C=O) groups excluding carboxylic acids is 2. The largest absolute Gasteiger partial charge is 0.497 e. The molecule has 0 saturated heterocycles. The lowest BCUT2D eigenvalue weighted by molar-refractivity contribution is -0.143. The number of tetrazole rings is 1. The Balaban J connectivity index is 1.66. The fraction of sp³-hybridized carbons (Fsp3) is 0.296. The molecule has 0 radical (unpaired) electrons. The van der Waals surface area contributed by atoms with Crippen LogP contribution in [0.4, 0.5) is 0 Å². The van der Waals surface area contributed by atoms with E-state index in [0.29, 0.717) is 27.9 Å². The van der Waals surface area contributed by atoms with Gasteiger partial charge in [-0.3, -0.25) is 9.59 Å². The summed E-state index contributed by atoms with van der Waals surface area (Å²) in [5.74, 6) is 0.556. The van der Waals surface area contributed by atoms with Gasteiger partial charge < -0.3 is 19.4 Å². The smallest absolute Gasteiger partial charge is 0.251 e. The first-order valence-corrected chi connectivity index (χ1v) is 12.3. The summed E-state index contributed by atoms with van der Waals surface area (Å²) < 4.78 is 10.8. The normalized spacial score (nSPS) is 12.1. The first kappa shape index (κ1) is 26.9. The number of hydrogen-bond donors (Lipinski definition) is 1. The lowest BCUT2D eigenvalue weighted by Gasteiger charge is -2.32. The van der Waals surface area contributed by atoms with Gasteiger partial charge in [0.2, 0.25) is 11.7 Å². The van der Waals surface area contributed by atoms with Crippen molar-refractivity contribution in [3.05, 3.63) is 83.3 Å². The van der Waals surface area contributed by atoms with Gasteiger partial charge in [0.15, 0.2) is 6.04 Å². The third-order valence-corrected chi connectivity index (χ3v) is 5.94. The van der Waals surface area contributed by atoms with Crippen LogP contribution in [-0.2, 0) is 22.7 Å². The third kappa shape index (κ3) is 6.57. The lowest BCUT2D eigenvalue weighted by Crippen LogP contribution is -2.49. The number of furan rings is 1. The molecule has 0 saturated carbocycles. The summed E-state index contributed by atoms with van der Waals surface area (Å²) in [7, 11) is 1.58. The van der Waals surface area contributed by atoms with E-state index in [1.165, 1.54) is 16.0 Å². The number of nitrogens with one attached hydrogen (secondary N) is 1. The number of methoxy groups -OCH3 is 1. The van der Waals surface area contributed by atoms with Crippen molar-refractivity contribution in [3.8, 4) is 17.1 Å². The molecule has 11 heteroatoms. The molecule has 0 fully saturated rings. The number of hydrogen-bond acceptors (Lipinski definition) is 7. The Kier molecular flexibility index (Phi) is 8.11. The molecule has 0 spiro atoms. The molecular weight excluding hydrogens is 508 g/mol. The zero-order chi connectivity index (χ0) is 27.3. The van der Waals surface area contributed by atoms with Crippen LogP contribution in [0.1, 0.15) is 38.1 Å². The van der Waals surface area contributed by atoms with E-state index in [9.17, 15) is 9.59 Å². The van der Waals surface area contributed by atoms with E-state index in [1.54, 1.807) is 61.7 Å². The quantitative estimate of drug-likeness (QED) is 0.339. The minimum Gasteiger partial charge on any atom is -0.497 e. The molecule has 0 aliphatic heterocycles. The fourth-order valence-corrected chi connectivity index (χ4v) is 4.02. The van der Waals surface area contributed by atoms with Gasteiger partial charge in [-0.05, 0) is 74.0 Å². The molecule has 38 heavy (non-hydrogen) atoms. The number of rotatable bonds is 9. The van der Waals surface area contributed by atoms with E-state index < -0.39 is 23.4 Å². The second-order valence-corrected chi connectivity index (χ2v) is 10.0. The number of ether oxygens (including phenoxy) is 1. The summed E-state index contributed by atoms with van der Waals surface area (Å²) in [6.45, 7) is 5.40. The molecule has 0 aliphatic carbocycles. The second kappa shape index (κ2) is 11.5. The Morgan fingerprint density at radius 1 is 1.11 bits per heavy atom. The maximum Gasteiger partial charge on any atom is 0.251 e. The predicted molar refractivity (Wildman–Crippen MR) is 141 cm³/mol. The molecule has 198 valence electrons. The van der Waals surface area contributed by atoms with E-state index in [1.807, 2.05) is 26.8 Å². The number of aromatic nitrogens is 4. The van der Waals surface area contributed by atoms with Crippen molar-refractivity contribution in [2.24, 2.45) is 0 Å². The molecule has 4 rings (SSSR count). The summed E-state index contributed by atoms with van der Waals surface area (Å²) in [6, 6.07) is 16.6. The molecule has 1 atom stereocenters. The van der Waals surface area contributed by atoms with Crippen LogP contribution in [0.15, 0.2) is 71.3 Å². The molecule has 1 N–H and O–H groups in total. The zero-order valence-electron chi connectivity index (χ0n) is 21.6. The molecule has 2 amide bonds. The van der Waals surface area contributed by atoms with Crippen LogP contribution in [0.25, 0.3) is 11.4 Å². The van der Waals surface area contributed by atoms with Gasteiger partial charge in [-0.25, -0.2) is 0 Å². The number of nitrogens with zero attached hydrogens (tertiary/aromatic N) is 5. The molecule has 2 aromatic carbocycles. The Morgan fingerprint density at radius 3 is 2.47 bits per heavy atom. The van der Waals surface area contributed by atoms with Gasteiger partial charge in [0, 0.05) is 22.7 Å². The average Bonchev–Trinajstić information content (AvgIpc) is 3.56. The van der Waals surface area contributed by atoms with Crippen LogP contribution in [0, 0.1) is 0 Å². The summed E-state index contributed by atoms with van der Waals surface area (Å²) in [6.07, 6.45) is 1.46. The van der Waals surface area contributed by atoms with Crippen LogP contribution >= 0.6 is 11.6 Å². The van der Waals surface area contributed by atoms with E-state index in [-0.39, 0.29) is 13.1 Å². The van der Waals surface area contributed by atoms with Crippen LogP contribution in [0.3, 0.4) is 0 Å². The highest BCUT2D eigenvalue weighted by Gasteiger charge is 2.36. The minimum absolute atomic E-state index is 0.0570. The highest BCUT2D eigenvalue weighted by molar-refractivity contribution is 6.31. The van der Waals surface area contributed by atoms with E-state index in [2.05, 4.69) is 20.7 Å². The number of benzene rings is 2. The molecule has 0 aliphatic rings. The van der Waals surface area contributed by atoms with Gasteiger partial charge in [-0.15, -0.1) is 10.2 Å². The molecule has 2 heterocycles. The number of halogens is 1. The Morgan fingerprint density at radius 2 is 1.84 bits per heavy atom. The molecule has 10 nitrogen and oxygen atoms in total. The average molecular weight is 537 g/mol. The number of amides is 2. The van der Waals surface area contributed by atoms with Gasteiger partial charge in [0.05, 0.1) is 13.4 Å². The molecule has 0 bridgehead atoms. The Hall–Kier alpha value is -4.18. The highest BCUT2D eigenvalue weighted by Crippen LogP contribution is 2.28. The van der Waals surface area contributed by atoms with Gasteiger partial charge in [-0.2, -0.15) is 4.80 Å². The topological polar surface area (TPSA) is 115 Å². The lowest BCUT2D eigenvalue weighted by atomic mass is 10.1. The molecule has 2 aromatic heterocycles. The summed E-state index contributed by atoms with van der Waals surface area (Å²) in [5, 5.41) is 15.9. The van der Waals surface area contributed by atoms with Crippen LogP contribution < -0.4 is 10.1 Å². The van der Waals surface area contributed by atoms with Gasteiger partial charge in [0.25, 0.3) is 5.91 Å². The fourth-order valence-electron chi connectivity index (χ4n) is 3.82. The van der Waals surface area contributed by atoms with Gasteiger partial charge >= 0.3 is 0 Å². The molecule has 4 aromatic rings. The Bertz CT molecular complexity index is 1380. The SMILES string of the molecule is COc1ccc(-c2nnn(CC(=O)N(Cc3ccccc3Cl)C(C(=O)NC(C)(C)C)c3ccco3)n2)cc1. The van der Waals surface area contributed by atoms with E-state index in [4.69, 9.17) is 20.8 Å². The minimum atomic E-state index is -1.06. The maximum atomic E-state index is 13.8. The van der Waals surface area contributed by atoms with Gasteiger partial charge in [-0.1, -0.05) is 29.8 Å². The van der Waals surface area contributed by atoms with Crippen molar-refractivity contribution in [2.75, 3.05) is 7.11 Å². The maximum absolute atomic E-state index is 13.8. The molecular formula is C27H29ClN6O4. The van der Waals surface area contributed by atoms with Crippen molar-refractivity contribution in [3.63, 3.8) is 0 Å². The Labute approximate surface area is 225 Å². The van der Waals surface area contributed by atoms with Crippen LogP contribution in [-0.4, -0.2) is 49.6 Å². The summed E-state index contributed by atoms with van der Waals surface area (Å²) >= 11 is 6.43. The van der Waals surface area contributed by atoms with Gasteiger partial charge in [0.1, 0.15) is 18.1 Å². The monoisotopic (exact) mass is 536 g/mol. The van der Waals surface area contributed by atoms with Crippen molar-refractivity contribution >= 4 is 23.4 Å². The van der Waals surface area contributed by atoms with E-state index in [0.717, 1.165) is 5.56 Å². The first-order chi connectivity index (χ1) is 18.1. The van der Waals surface area contributed by atoms with Crippen molar-refractivity contribution in [2.45, 2.75) is 45.4 Å². The van der Waals surface area contributed by atoms with Crippen molar-refractivity contribution < 1.29 is 18.7 Å². The molecule has 1 unspecified atom stereocenters. The second-order valence-electron chi connectivity index (χ2n) is 9.64. The highest BCUT2D eigenvalue weighted by atomic mass is 35.5. The van der Waals surface area contributed by atoms with Crippen molar-refractivity contribution in [1.82, 2.24) is 30.4 Å². The van der Waals surface area contributed by atoms with Crippen LogP contribution in [0.5, 0.6) is 5.75 Å². The summed E-state index contributed by atoms with van der Waals surface area (Å²) in [4.78, 5) is 29.9. The van der Waals surface area contributed by atoms with E-state index >= 15 is 0 Å². The number of carbonyl (C=O) groups is 2. The third-order valence-electron chi connectivity index (χ3n) is 5.57. The first-order valence-electron chi connectivity index (χ1n) is 11.9.